The van der Waals surface area contributed by atoms with Crippen molar-refractivity contribution < 1.29 is 4.74 Å². The van der Waals surface area contributed by atoms with Crippen LogP contribution in [-0.2, 0) is 6.54 Å². The summed E-state index contributed by atoms with van der Waals surface area (Å²) in [5, 5.41) is 0. The number of nitrogens with zero attached hydrogens (tertiary/aromatic N) is 1. The molecule has 1 saturated heterocycles. The maximum atomic E-state index is 5.94. The number of nitrogens with two attached hydrogens (primary N) is 1. The fraction of sp³-hybridized carbons (Fsp3) is 0.600. The van der Waals surface area contributed by atoms with Crippen molar-refractivity contribution in [3.8, 4) is 5.75 Å². The lowest BCUT2D eigenvalue weighted by Crippen LogP contribution is -2.21. The number of hydrogen-bond donors (Lipinski definition) is 1. The van der Waals surface area contributed by atoms with Crippen LogP contribution in [0.1, 0.15) is 25.8 Å². The van der Waals surface area contributed by atoms with Gasteiger partial charge in [-0.3, -0.25) is 4.90 Å². The van der Waals surface area contributed by atoms with Gasteiger partial charge in [-0.2, -0.15) is 0 Å². The molecule has 1 aliphatic heterocycles. The Morgan fingerprint density at radius 3 is 2.78 bits per heavy atom. The molecule has 0 amide bonds. The van der Waals surface area contributed by atoms with Gasteiger partial charge < -0.3 is 10.5 Å². The molecule has 100 valence electrons. The number of methoxy groups -OCH3 is 1. The van der Waals surface area contributed by atoms with Gasteiger partial charge in [0.2, 0.25) is 0 Å². The smallest absolute Gasteiger partial charge is 0.141 e. The van der Waals surface area contributed by atoms with Gasteiger partial charge in [0.1, 0.15) is 5.75 Å². The second kappa shape index (κ2) is 5.61. The van der Waals surface area contributed by atoms with Crippen LogP contribution in [0.25, 0.3) is 0 Å². The van der Waals surface area contributed by atoms with Crippen molar-refractivity contribution in [2.45, 2.75) is 26.8 Å². The average Bonchev–Trinajstić information content (AvgIpc) is 2.78. The standard InChI is InChI=1S/C15H24N2O/c1-11(2)13-6-7-17(10-13)9-12-4-5-15(18-3)14(16)8-12/h4-5,8,11,13H,6-7,9-10,16H2,1-3H3. The van der Waals surface area contributed by atoms with E-state index in [1.165, 1.54) is 25.1 Å². The van der Waals surface area contributed by atoms with E-state index in [1.54, 1.807) is 7.11 Å². The van der Waals surface area contributed by atoms with Gasteiger partial charge in [-0.25, -0.2) is 0 Å². The first-order valence-corrected chi connectivity index (χ1v) is 6.75. The summed E-state index contributed by atoms with van der Waals surface area (Å²) in [6.45, 7) is 8.05. The summed E-state index contributed by atoms with van der Waals surface area (Å²) in [7, 11) is 1.65. The van der Waals surface area contributed by atoms with Gasteiger partial charge in [-0.1, -0.05) is 19.9 Å². The Hall–Kier alpha value is -1.22. The quantitative estimate of drug-likeness (QED) is 0.833. The number of ether oxygens (including phenoxy) is 1. The van der Waals surface area contributed by atoms with Crippen LogP contribution >= 0.6 is 0 Å². The molecule has 0 radical (unpaired) electrons. The zero-order valence-corrected chi connectivity index (χ0v) is 11.6. The van der Waals surface area contributed by atoms with Crippen LogP contribution in [0.3, 0.4) is 0 Å². The second-order valence-corrected chi connectivity index (χ2v) is 5.60. The van der Waals surface area contributed by atoms with Crippen LogP contribution in [0.5, 0.6) is 5.75 Å². The number of hydrogen-bond acceptors (Lipinski definition) is 3. The molecule has 18 heavy (non-hydrogen) atoms. The third-order valence-corrected chi connectivity index (χ3v) is 3.95. The molecule has 0 saturated carbocycles. The highest BCUT2D eigenvalue weighted by Crippen LogP contribution is 2.27. The first-order valence-electron chi connectivity index (χ1n) is 6.75. The number of rotatable bonds is 4. The van der Waals surface area contributed by atoms with Gasteiger partial charge in [-0.15, -0.1) is 0 Å². The van der Waals surface area contributed by atoms with Crippen molar-refractivity contribution in [3.05, 3.63) is 23.8 Å². The fourth-order valence-corrected chi connectivity index (χ4v) is 2.69. The molecule has 3 heteroatoms. The van der Waals surface area contributed by atoms with E-state index in [4.69, 9.17) is 10.5 Å². The molecule has 2 rings (SSSR count). The van der Waals surface area contributed by atoms with Gasteiger partial charge in [-0.05, 0) is 42.5 Å². The molecule has 1 atom stereocenters. The van der Waals surface area contributed by atoms with E-state index < -0.39 is 0 Å². The molecule has 0 spiro atoms. The summed E-state index contributed by atoms with van der Waals surface area (Å²) in [6.07, 6.45) is 1.32. The Morgan fingerprint density at radius 2 is 2.22 bits per heavy atom. The van der Waals surface area contributed by atoms with Gasteiger partial charge in [0, 0.05) is 13.1 Å². The molecule has 1 heterocycles. The fourth-order valence-electron chi connectivity index (χ4n) is 2.69. The summed E-state index contributed by atoms with van der Waals surface area (Å²) in [5.74, 6) is 2.40. The zero-order valence-electron chi connectivity index (χ0n) is 11.6. The van der Waals surface area contributed by atoms with E-state index in [0.717, 1.165) is 29.8 Å². The predicted octanol–water partition coefficient (Wildman–Crippen LogP) is 2.76. The lowest BCUT2D eigenvalue weighted by atomic mass is 9.95. The lowest BCUT2D eigenvalue weighted by molar-refractivity contribution is 0.297. The molecule has 1 aromatic carbocycles. The van der Waals surface area contributed by atoms with Crippen LogP contribution in [0.15, 0.2) is 18.2 Å². The maximum absolute atomic E-state index is 5.94. The highest BCUT2D eigenvalue weighted by Gasteiger charge is 2.24. The molecule has 1 aliphatic rings. The Balaban J connectivity index is 1.96. The SMILES string of the molecule is COc1ccc(CN2CCC(C(C)C)C2)cc1N. The molecule has 0 aromatic heterocycles. The predicted molar refractivity (Wildman–Crippen MR) is 75.6 cm³/mol. The number of benzene rings is 1. The first kappa shape index (κ1) is 13.2. The van der Waals surface area contributed by atoms with Crippen molar-refractivity contribution in [1.29, 1.82) is 0 Å². The van der Waals surface area contributed by atoms with E-state index in [2.05, 4.69) is 24.8 Å². The number of anilines is 1. The van der Waals surface area contributed by atoms with Crippen LogP contribution in [-0.4, -0.2) is 25.1 Å². The molecule has 3 nitrogen and oxygen atoms in total. The second-order valence-electron chi connectivity index (χ2n) is 5.60. The summed E-state index contributed by atoms with van der Waals surface area (Å²) in [4.78, 5) is 2.52. The molecule has 0 aliphatic carbocycles. The minimum atomic E-state index is 0.731. The van der Waals surface area contributed by atoms with E-state index in [1.807, 2.05) is 12.1 Å². The van der Waals surface area contributed by atoms with E-state index in [-0.39, 0.29) is 0 Å². The van der Waals surface area contributed by atoms with Gasteiger partial charge >= 0.3 is 0 Å². The highest BCUT2D eigenvalue weighted by molar-refractivity contribution is 5.54. The Morgan fingerprint density at radius 1 is 1.44 bits per heavy atom. The van der Waals surface area contributed by atoms with Crippen molar-refractivity contribution >= 4 is 5.69 Å². The Bertz CT molecular complexity index is 403. The molecule has 1 aromatic rings. The summed E-state index contributed by atoms with van der Waals surface area (Å²) in [5.41, 5.74) is 7.94. The van der Waals surface area contributed by atoms with Gasteiger partial charge in [0.05, 0.1) is 12.8 Å². The van der Waals surface area contributed by atoms with Gasteiger partial charge in [0.15, 0.2) is 0 Å². The summed E-state index contributed by atoms with van der Waals surface area (Å²) >= 11 is 0. The third kappa shape index (κ3) is 2.96. The van der Waals surface area contributed by atoms with Crippen LogP contribution in [0.4, 0.5) is 5.69 Å². The van der Waals surface area contributed by atoms with Crippen LogP contribution in [0, 0.1) is 11.8 Å². The summed E-state index contributed by atoms with van der Waals surface area (Å²) < 4.78 is 5.18. The monoisotopic (exact) mass is 248 g/mol. The summed E-state index contributed by atoms with van der Waals surface area (Å²) in [6, 6.07) is 6.10. The third-order valence-electron chi connectivity index (χ3n) is 3.95. The van der Waals surface area contributed by atoms with E-state index in [0.29, 0.717) is 0 Å². The minimum Gasteiger partial charge on any atom is -0.495 e. The molecule has 0 bridgehead atoms. The number of likely N-dealkylation sites (tertiary alicyclic amines) is 1. The largest absolute Gasteiger partial charge is 0.495 e. The van der Waals surface area contributed by atoms with E-state index >= 15 is 0 Å². The van der Waals surface area contributed by atoms with Crippen molar-refractivity contribution in [1.82, 2.24) is 4.90 Å². The Labute approximate surface area is 110 Å². The highest BCUT2D eigenvalue weighted by atomic mass is 16.5. The van der Waals surface area contributed by atoms with Gasteiger partial charge in [0.25, 0.3) is 0 Å². The topological polar surface area (TPSA) is 38.5 Å². The first-order chi connectivity index (χ1) is 8.60. The Kier molecular flexibility index (Phi) is 4.12. The van der Waals surface area contributed by atoms with Crippen LogP contribution in [0.2, 0.25) is 0 Å². The average molecular weight is 248 g/mol. The number of nitrogen functional groups attached to an aromatic ring is 1. The molecule has 1 fully saturated rings. The molecular weight excluding hydrogens is 224 g/mol. The molecule has 2 N–H and O–H groups in total. The van der Waals surface area contributed by atoms with Crippen molar-refractivity contribution in [3.63, 3.8) is 0 Å². The normalized spacial score (nSPS) is 20.6. The maximum Gasteiger partial charge on any atom is 0.141 e. The molecule has 1 unspecified atom stereocenters. The molecular formula is C15H24N2O. The minimum absolute atomic E-state index is 0.731. The van der Waals surface area contributed by atoms with Crippen molar-refractivity contribution in [2.75, 3.05) is 25.9 Å². The van der Waals surface area contributed by atoms with Crippen molar-refractivity contribution in [2.24, 2.45) is 11.8 Å². The zero-order chi connectivity index (χ0) is 13.1. The van der Waals surface area contributed by atoms with Crippen LogP contribution < -0.4 is 10.5 Å². The van der Waals surface area contributed by atoms with E-state index in [9.17, 15) is 0 Å². The lowest BCUT2D eigenvalue weighted by Gasteiger charge is -2.18.